The van der Waals surface area contributed by atoms with Crippen LogP contribution in [0.2, 0.25) is 0 Å². The quantitative estimate of drug-likeness (QED) is 0.653. The first-order valence-corrected chi connectivity index (χ1v) is 8.76. The number of para-hydroxylation sites is 1. The Labute approximate surface area is 158 Å². The van der Waals surface area contributed by atoms with Gasteiger partial charge in [0.1, 0.15) is 0 Å². The third-order valence-electron chi connectivity index (χ3n) is 3.55. The summed E-state index contributed by atoms with van der Waals surface area (Å²) >= 11 is 1.25. The molecule has 1 N–H and O–H groups in total. The van der Waals surface area contributed by atoms with Crippen molar-refractivity contribution < 1.29 is 23.5 Å². The summed E-state index contributed by atoms with van der Waals surface area (Å²) in [6.07, 6.45) is 0. The minimum absolute atomic E-state index is 0.0122. The molecule has 0 aliphatic heterocycles. The smallest absolute Gasteiger partial charge is 0.337 e. The lowest BCUT2D eigenvalue weighted by atomic mass is 10.1. The molecule has 3 rings (SSSR count). The lowest BCUT2D eigenvalue weighted by molar-refractivity contribution is -0.118. The summed E-state index contributed by atoms with van der Waals surface area (Å²) in [6.45, 7) is -0.330. The van der Waals surface area contributed by atoms with E-state index in [-0.39, 0.29) is 12.4 Å². The number of methoxy groups -OCH3 is 1. The Hall–Kier alpha value is -3.26. The predicted octanol–water partition coefficient (Wildman–Crippen LogP) is 3.75. The molecule has 0 radical (unpaired) electrons. The van der Waals surface area contributed by atoms with E-state index in [9.17, 15) is 14.0 Å². The summed E-state index contributed by atoms with van der Waals surface area (Å²) in [7, 11) is 1.32. The van der Waals surface area contributed by atoms with Crippen LogP contribution < -0.4 is 10.1 Å². The van der Waals surface area contributed by atoms with Crippen molar-refractivity contribution in [2.75, 3.05) is 19.0 Å². The third-order valence-corrected chi connectivity index (χ3v) is 4.31. The molecule has 3 aromatic rings. The van der Waals surface area contributed by atoms with Gasteiger partial charge in [0.2, 0.25) is 0 Å². The van der Waals surface area contributed by atoms with Crippen molar-refractivity contribution in [3.63, 3.8) is 0 Å². The number of amides is 1. The van der Waals surface area contributed by atoms with Crippen molar-refractivity contribution in [3.8, 4) is 17.0 Å². The van der Waals surface area contributed by atoms with Gasteiger partial charge < -0.3 is 9.47 Å². The number of esters is 1. The summed E-state index contributed by atoms with van der Waals surface area (Å²) in [5.74, 6) is -1.38. The van der Waals surface area contributed by atoms with Crippen LogP contribution >= 0.6 is 11.3 Å². The monoisotopic (exact) mass is 386 g/mol. The highest BCUT2D eigenvalue weighted by Crippen LogP contribution is 2.25. The normalized spacial score (nSPS) is 10.3. The van der Waals surface area contributed by atoms with Crippen LogP contribution in [0.25, 0.3) is 11.3 Å². The zero-order valence-corrected chi connectivity index (χ0v) is 15.1. The lowest BCUT2D eigenvalue weighted by Gasteiger charge is -2.06. The van der Waals surface area contributed by atoms with Crippen LogP contribution in [0.1, 0.15) is 10.4 Å². The van der Waals surface area contributed by atoms with Gasteiger partial charge in [-0.3, -0.25) is 10.1 Å². The average molecular weight is 386 g/mol. The Morgan fingerprint density at radius 3 is 2.59 bits per heavy atom. The van der Waals surface area contributed by atoms with Crippen molar-refractivity contribution >= 4 is 28.3 Å². The average Bonchev–Trinajstić information content (AvgIpc) is 3.15. The topological polar surface area (TPSA) is 77.5 Å². The molecule has 0 aliphatic rings. The second kappa shape index (κ2) is 8.41. The van der Waals surface area contributed by atoms with Crippen LogP contribution in [0.15, 0.2) is 53.9 Å². The number of halogens is 1. The molecule has 6 nitrogen and oxygen atoms in total. The van der Waals surface area contributed by atoms with Gasteiger partial charge in [-0.25, -0.2) is 14.2 Å². The van der Waals surface area contributed by atoms with E-state index in [1.807, 2.05) is 0 Å². The maximum atomic E-state index is 13.5. The molecule has 0 bridgehead atoms. The van der Waals surface area contributed by atoms with Gasteiger partial charge in [-0.05, 0) is 24.3 Å². The number of aromatic nitrogens is 1. The molecule has 0 saturated heterocycles. The Morgan fingerprint density at radius 2 is 1.89 bits per heavy atom. The first-order chi connectivity index (χ1) is 13.1. The van der Waals surface area contributed by atoms with Crippen LogP contribution in [-0.4, -0.2) is 30.6 Å². The number of nitrogens with one attached hydrogen (secondary N) is 1. The van der Waals surface area contributed by atoms with Crippen molar-refractivity contribution in [1.29, 1.82) is 0 Å². The van der Waals surface area contributed by atoms with Crippen molar-refractivity contribution in [2.24, 2.45) is 0 Å². The second-order valence-corrected chi connectivity index (χ2v) is 6.23. The first-order valence-electron chi connectivity index (χ1n) is 7.88. The highest BCUT2D eigenvalue weighted by Gasteiger charge is 2.11. The van der Waals surface area contributed by atoms with E-state index in [0.717, 1.165) is 5.56 Å². The zero-order chi connectivity index (χ0) is 19.2. The predicted molar refractivity (Wildman–Crippen MR) is 99.4 cm³/mol. The Bertz CT molecular complexity index is 956. The summed E-state index contributed by atoms with van der Waals surface area (Å²) < 4.78 is 23.3. The first kappa shape index (κ1) is 18.5. The molecule has 1 aromatic heterocycles. The molecule has 1 amide bonds. The summed E-state index contributed by atoms with van der Waals surface area (Å²) in [6, 6.07) is 12.6. The number of thiazole rings is 1. The highest BCUT2D eigenvalue weighted by molar-refractivity contribution is 7.14. The van der Waals surface area contributed by atoms with Gasteiger partial charge in [0.05, 0.1) is 18.4 Å². The van der Waals surface area contributed by atoms with E-state index >= 15 is 0 Å². The van der Waals surface area contributed by atoms with Crippen LogP contribution in [0.5, 0.6) is 5.75 Å². The summed E-state index contributed by atoms with van der Waals surface area (Å²) in [4.78, 5) is 27.7. The molecule has 0 aliphatic carbocycles. The summed E-state index contributed by atoms with van der Waals surface area (Å²) in [5, 5.41) is 4.78. The number of carbonyl (C=O) groups is 2. The molecule has 138 valence electrons. The van der Waals surface area contributed by atoms with Crippen LogP contribution in [0, 0.1) is 5.82 Å². The minimum Gasteiger partial charge on any atom is -0.481 e. The van der Waals surface area contributed by atoms with Crippen LogP contribution in [-0.2, 0) is 9.53 Å². The van der Waals surface area contributed by atoms with Gasteiger partial charge >= 0.3 is 5.97 Å². The number of hydrogen-bond donors (Lipinski definition) is 1. The molecular formula is C19H15FN2O4S. The molecule has 0 atom stereocenters. The standard InChI is InChI=1S/C19H15FN2O4S/c1-25-18(24)13-8-6-12(7-9-13)15-11-27-19(21-15)22-17(23)10-26-16-5-3-2-4-14(16)20/h2-9,11H,10H2,1H3,(H,21,22,23). The van der Waals surface area contributed by atoms with Crippen molar-refractivity contribution in [2.45, 2.75) is 0 Å². The number of ether oxygens (including phenoxy) is 2. The maximum absolute atomic E-state index is 13.5. The van der Waals surface area contributed by atoms with Gasteiger partial charge in [-0.1, -0.05) is 24.3 Å². The number of nitrogens with zero attached hydrogens (tertiary/aromatic N) is 1. The Balaban J connectivity index is 1.59. The van der Waals surface area contributed by atoms with Crippen molar-refractivity contribution in [3.05, 3.63) is 65.3 Å². The number of hydrogen-bond acceptors (Lipinski definition) is 6. The van der Waals surface area contributed by atoms with Gasteiger partial charge in [-0.2, -0.15) is 0 Å². The van der Waals surface area contributed by atoms with E-state index in [2.05, 4.69) is 15.0 Å². The van der Waals surface area contributed by atoms with E-state index in [0.29, 0.717) is 16.4 Å². The fraction of sp³-hybridized carbons (Fsp3) is 0.105. The van der Waals surface area contributed by atoms with Crippen molar-refractivity contribution in [1.82, 2.24) is 4.98 Å². The lowest BCUT2D eigenvalue weighted by Crippen LogP contribution is -2.20. The molecule has 8 heteroatoms. The summed E-state index contributed by atoms with van der Waals surface area (Å²) in [5.41, 5.74) is 1.89. The number of carbonyl (C=O) groups excluding carboxylic acids is 2. The van der Waals surface area contributed by atoms with Crippen LogP contribution in [0.3, 0.4) is 0 Å². The van der Waals surface area contributed by atoms with Crippen LogP contribution in [0.4, 0.5) is 9.52 Å². The molecule has 0 spiro atoms. The van der Waals surface area contributed by atoms with Gasteiger partial charge in [0.25, 0.3) is 5.91 Å². The largest absolute Gasteiger partial charge is 0.481 e. The molecule has 0 unspecified atom stereocenters. The fourth-order valence-electron chi connectivity index (χ4n) is 2.22. The molecule has 0 fully saturated rings. The van der Waals surface area contributed by atoms with Gasteiger partial charge in [0.15, 0.2) is 23.3 Å². The van der Waals surface area contributed by atoms with E-state index in [4.69, 9.17) is 4.74 Å². The SMILES string of the molecule is COC(=O)c1ccc(-c2csc(NC(=O)COc3ccccc3F)n2)cc1. The van der Waals surface area contributed by atoms with E-state index < -0.39 is 17.7 Å². The molecule has 27 heavy (non-hydrogen) atoms. The Morgan fingerprint density at radius 1 is 1.15 bits per heavy atom. The van der Waals surface area contributed by atoms with Gasteiger partial charge in [0, 0.05) is 10.9 Å². The fourth-order valence-corrected chi connectivity index (χ4v) is 2.95. The second-order valence-electron chi connectivity index (χ2n) is 5.37. The number of benzene rings is 2. The Kier molecular flexibility index (Phi) is 5.77. The van der Waals surface area contributed by atoms with E-state index in [1.54, 1.807) is 35.7 Å². The number of anilines is 1. The minimum atomic E-state index is -0.530. The molecule has 0 saturated carbocycles. The molecule has 1 heterocycles. The maximum Gasteiger partial charge on any atom is 0.337 e. The molecule has 2 aromatic carbocycles. The highest BCUT2D eigenvalue weighted by atomic mass is 32.1. The van der Waals surface area contributed by atoms with Gasteiger partial charge in [-0.15, -0.1) is 11.3 Å². The third kappa shape index (κ3) is 4.68. The molecular weight excluding hydrogens is 371 g/mol. The zero-order valence-electron chi connectivity index (χ0n) is 14.3. The van der Waals surface area contributed by atoms with E-state index in [1.165, 1.54) is 36.6 Å². The number of rotatable bonds is 6.